The van der Waals surface area contributed by atoms with E-state index in [4.69, 9.17) is 0 Å². The van der Waals surface area contributed by atoms with Crippen molar-refractivity contribution < 1.29 is 15.3 Å². The van der Waals surface area contributed by atoms with Crippen LogP contribution in [0.25, 0.3) is 0 Å². The van der Waals surface area contributed by atoms with Crippen LogP contribution in [-0.2, 0) is 0 Å². The van der Waals surface area contributed by atoms with Gasteiger partial charge in [0.25, 0.3) is 0 Å². The maximum atomic E-state index is 11.3. The Labute approximate surface area is 202 Å². The molecule has 5 aliphatic rings. The van der Waals surface area contributed by atoms with Gasteiger partial charge < -0.3 is 15.3 Å². The third-order valence-electron chi connectivity index (χ3n) is 13.4. The summed E-state index contributed by atoms with van der Waals surface area (Å²) in [6, 6.07) is 0. The Kier molecular flexibility index (Phi) is 5.23. The first-order valence-corrected chi connectivity index (χ1v) is 13.9. The van der Waals surface area contributed by atoms with Gasteiger partial charge in [-0.25, -0.2) is 0 Å². The minimum absolute atomic E-state index is 0.00525. The second kappa shape index (κ2) is 7.10. The van der Waals surface area contributed by atoms with Crippen LogP contribution in [0.4, 0.5) is 0 Å². The van der Waals surface area contributed by atoms with Crippen molar-refractivity contribution in [2.24, 2.45) is 56.7 Å². The second-order valence-electron chi connectivity index (χ2n) is 14.9. The van der Waals surface area contributed by atoms with E-state index in [-0.39, 0.29) is 33.2 Å². The molecule has 0 spiro atoms. The summed E-state index contributed by atoms with van der Waals surface area (Å²) in [5, 5.41) is 33.1. The van der Waals surface area contributed by atoms with E-state index in [0.717, 1.165) is 38.5 Å². The summed E-state index contributed by atoms with van der Waals surface area (Å²) in [5.74, 6) is 2.57. The van der Waals surface area contributed by atoms with Crippen molar-refractivity contribution >= 4 is 0 Å². The molecule has 33 heavy (non-hydrogen) atoms. The monoisotopic (exact) mass is 458 g/mol. The van der Waals surface area contributed by atoms with Gasteiger partial charge >= 0.3 is 0 Å². The second-order valence-corrected chi connectivity index (χ2v) is 14.9. The maximum absolute atomic E-state index is 11.3. The minimum atomic E-state index is -0.634. The number of aliphatic hydroxyl groups excluding tert-OH is 3. The van der Waals surface area contributed by atoms with Gasteiger partial charge in [-0.2, -0.15) is 0 Å². The van der Waals surface area contributed by atoms with Crippen LogP contribution in [0.5, 0.6) is 0 Å². The Bertz CT molecular complexity index is 847. The van der Waals surface area contributed by atoms with Gasteiger partial charge in [-0.15, -0.1) is 0 Å². The van der Waals surface area contributed by atoms with E-state index < -0.39 is 12.2 Å². The first-order valence-electron chi connectivity index (χ1n) is 13.9. The number of aliphatic hydroxyl groups is 3. The van der Waals surface area contributed by atoms with Gasteiger partial charge in [0.1, 0.15) is 0 Å². The number of fused-ring (bicyclic) bond motifs is 7. The predicted molar refractivity (Wildman–Crippen MR) is 133 cm³/mol. The molecule has 4 saturated carbocycles. The molecule has 0 bridgehead atoms. The van der Waals surface area contributed by atoms with Gasteiger partial charge in [-0.3, -0.25) is 0 Å². The highest BCUT2D eigenvalue weighted by atomic mass is 16.3. The summed E-state index contributed by atoms with van der Waals surface area (Å²) >= 11 is 0. The fourth-order valence-corrected chi connectivity index (χ4v) is 11.0. The molecule has 12 atom stereocenters. The highest BCUT2D eigenvalue weighted by Crippen LogP contribution is 2.75. The van der Waals surface area contributed by atoms with Crippen LogP contribution in [0, 0.1) is 56.7 Å². The summed E-state index contributed by atoms with van der Waals surface area (Å²) in [5.41, 5.74) is 1.75. The minimum Gasteiger partial charge on any atom is -0.393 e. The van der Waals surface area contributed by atoms with Gasteiger partial charge in [0, 0.05) is 5.41 Å². The molecule has 0 aromatic carbocycles. The molecule has 4 fully saturated rings. The van der Waals surface area contributed by atoms with Crippen molar-refractivity contribution in [3.63, 3.8) is 0 Å². The lowest BCUT2D eigenvalue weighted by molar-refractivity contribution is -0.233. The van der Waals surface area contributed by atoms with Gasteiger partial charge in [-0.1, -0.05) is 67.0 Å². The van der Waals surface area contributed by atoms with Crippen LogP contribution in [0.15, 0.2) is 11.6 Å². The lowest BCUT2D eigenvalue weighted by Gasteiger charge is -2.72. The zero-order valence-corrected chi connectivity index (χ0v) is 22.5. The lowest BCUT2D eigenvalue weighted by atomic mass is 9.33. The van der Waals surface area contributed by atoms with Crippen LogP contribution in [-0.4, -0.2) is 33.6 Å². The Hall–Kier alpha value is -0.380. The summed E-state index contributed by atoms with van der Waals surface area (Å²) in [7, 11) is 0. The first kappa shape index (κ1) is 24.3. The Morgan fingerprint density at radius 3 is 2.18 bits per heavy atom. The number of rotatable bonds is 0. The number of hydrogen-bond acceptors (Lipinski definition) is 3. The van der Waals surface area contributed by atoms with Gasteiger partial charge in [-0.05, 0) is 96.2 Å². The Morgan fingerprint density at radius 2 is 1.52 bits per heavy atom. The summed E-state index contributed by atoms with van der Waals surface area (Å²) in [6.45, 7) is 19.1. The highest BCUT2D eigenvalue weighted by molar-refractivity contribution is 5.34. The molecule has 0 amide bonds. The van der Waals surface area contributed by atoms with Crippen molar-refractivity contribution in [1.29, 1.82) is 0 Å². The van der Waals surface area contributed by atoms with E-state index >= 15 is 0 Å². The van der Waals surface area contributed by atoms with Gasteiger partial charge in [0.05, 0.1) is 18.3 Å². The molecule has 188 valence electrons. The maximum Gasteiger partial charge on any atom is 0.0852 e. The molecule has 2 unspecified atom stereocenters. The van der Waals surface area contributed by atoms with Crippen LogP contribution >= 0.6 is 0 Å². The zero-order chi connectivity index (χ0) is 24.4. The Morgan fingerprint density at radius 1 is 0.848 bits per heavy atom. The van der Waals surface area contributed by atoms with Crippen molar-refractivity contribution in [1.82, 2.24) is 0 Å². The van der Waals surface area contributed by atoms with Crippen LogP contribution in [0.1, 0.15) is 100 Å². The van der Waals surface area contributed by atoms with E-state index in [2.05, 4.69) is 61.5 Å². The number of hydrogen-bond donors (Lipinski definition) is 3. The molecule has 0 aliphatic heterocycles. The Balaban J connectivity index is 1.61. The molecule has 3 heteroatoms. The smallest absolute Gasteiger partial charge is 0.0852 e. The zero-order valence-electron chi connectivity index (χ0n) is 22.5. The van der Waals surface area contributed by atoms with Crippen molar-refractivity contribution in [3.05, 3.63) is 11.6 Å². The molecule has 5 aliphatic carbocycles. The van der Waals surface area contributed by atoms with Crippen LogP contribution < -0.4 is 0 Å². The lowest BCUT2D eigenvalue weighted by Crippen LogP contribution is -2.67. The van der Waals surface area contributed by atoms with E-state index in [1.54, 1.807) is 5.57 Å². The molecule has 3 N–H and O–H groups in total. The van der Waals surface area contributed by atoms with Gasteiger partial charge in [0.15, 0.2) is 0 Å². The average Bonchev–Trinajstić information content (AvgIpc) is 2.72. The van der Waals surface area contributed by atoms with Crippen molar-refractivity contribution in [2.75, 3.05) is 0 Å². The topological polar surface area (TPSA) is 60.7 Å². The molecular weight excluding hydrogens is 408 g/mol. The SMILES string of the molecule is C[C@H]1[C@H](C)C[C@H](O)[C@]2(C)CC[C@]3(C)C(=CCC4[C@@]5(C)C[C@H](O)[C@H](O)C(C)(C)C5CC[C@]43C)[C@H]12. The van der Waals surface area contributed by atoms with E-state index in [1.165, 1.54) is 6.42 Å². The fourth-order valence-electron chi connectivity index (χ4n) is 11.0. The van der Waals surface area contributed by atoms with Gasteiger partial charge in [0.2, 0.25) is 0 Å². The predicted octanol–water partition coefficient (Wildman–Crippen LogP) is 5.97. The molecule has 0 aromatic rings. The number of allylic oxidation sites excluding steroid dienone is 2. The van der Waals surface area contributed by atoms with Crippen molar-refractivity contribution in [3.8, 4) is 0 Å². The van der Waals surface area contributed by atoms with Crippen molar-refractivity contribution in [2.45, 2.75) is 119 Å². The average molecular weight is 459 g/mol. The molecule has 0 radical (unpaired) electrons. The third-order valence-corrected chi connectivity index (χ3v) is 13.4. The summed E-state index contributed by atoms with van der Waals surface area (Å²) in [4.78, 5) is 0. The largest absolute Gasteiger partial charge is 0.393 e. The molecule has 0 heterocycles. The standard InChI is InChI=1S/C30H50O3/c1-17-15-23(32)27(5)13-14-29(7)19(24(27)18(17)2)9-10-22-28(6)16-20(31)25(33)26(3,4)21(28)11-12-30(22,29)8/h9,17-18,20-25,31-33H,10-16H2,1-8H3/t17-,18+,20+,21?,22?,23+,24+,25+,27+,28+,29-,30-/m1/s1. The van der Waals surface area contributed by atoms with Crippen LogP contribution in [0.2, 0.25) is 0 Å². The molecule has 0 saturated heterocycles. The summed E-state index contributed by atoms with van der Waals surface area (Å²) < 4.78 is 0. The van der Waals surface area contributed by atoms with E-state index in [0.29, 0.717) is 29.6 Å². The normalized spacial score (nSPS) is 60.0. The first-order chi connectivity index (χ1) is 15.1. The highest BCUT2D eigenvalue weighted by Gasteiger charge is 2.69. The molecular formula is C30H50O3. The molecule has 0 aromatic heterocycles. The van der Waals surface area contributed by atoms with E-state index in [9.17, 15) is 15.3 Å². The quantitative estimate of drug-likeness (QED) is 0.392. The molecule has 5 rings (SSSR count). The van der Waals surface area contributed by atoms with Crippen LogP contribution in [0.3, 0.4) is 0 Å². The summed E-state index contributed by atoms with van der Waals surface area (Å²) in [6.07, 6.45) is 8.50. The molecule has 3 nitrogen and oxygen atoms in total. The van der Waals surface area contributed by atoms with E-state index in [1.807, 2.05) is 0 Å². The fraction of sp³-hybridized carbons (Fsp3) is 0.933. The third kappa shape index (κ3) is 2.80.